The van der Waals surface area contributed by atoms with Crippen molar-refractivity contribution in [3.05, 3.63) is 0 Å². The highest BCUT2D eigenvalue weighted by molar-refractivity contribution is 5.85. The molecule has 20 heavy (non-hydrogen) atoms. The normalized spacial score (nSPS) is 30.4. The molecule has 6 heteroatoms. The minimum Gasteiger partial charge on any atom is -0.341 e. The molecule has 0 aromatic rings. The summed E-state index contributed by atoms with van der Waals surface area (Å²) in [5.74, 6) is 0.362. The second-order valence-electron chi connectivity index (χ2n) is 6.35. The van der Waals surface area contributed by atoms with Crippen molar-refractivity contribution in [1.29, 1.82) is 0 Å². The van der Waals surface area contributed by atoms with E-state index < -0.39 is 0 Å². The van der Waals surface area contributed by atoms with Crippen molar-refractivity contribution in [1.82, 2.24) is 15.1 Å². The van der Waals surface area contributed by atoms with Crippen molar-refractivity contribution >= 4 is 30.7 Å². The number of piperidine rings is 2. The maximum Gasteiger partial charge on any atom is 0.229 e. The van der Waals surface area contributed by atoms with E-state index in [0.717, 1.165) is 45.4 Å². The second-order valence-corrected chi connectivity index (χ2v) is 6.35. The molecule has 2 atom stereocenters. The van der Waals surface area contributed by atoms with Crippen LogP contribution in [0.4, 0.5) is 0 Å². The number of carbonyl (C=O) groups is 1. The van der Waals surface area contributed by atoms with Crippen LogP contribution in [-0.4, -0.2) is 62.0 Å². The molecule has 2 aliphatic heterocycles. The van der Waals surface area contributed by atoms with Gasteiger partial charge in [-0.05, 0) is 53.2 Å². The number of halogens is 2. The van der Waals surface area contributed by atoms with Crippen molar-refractivity contribution in [2.24, 2.45) is 5.41 Å². The summed E-state index contributed by atoms with van der Waals surface area (Å²) in [6.07, 6.45) is 4.50. The Bertz CT molecular complexity index is 307. The molecule has 2 fully saturated rings. The number of carbonyl (C=O) groups excluding carboxylic acids is 1. The average molecular weight is 326 g/mol. The zero-order valence-corrected chi connectivity index (χ0v) is 14.5. The van der Waals surface area contributed by atoms with Crippen molar-refractivity contribution in [3.8, 4) is 0 Å². The van der Waals surface area contributed by atoms with E-state index in [2.05, 4.69) is 36.1 Å². The van der Waals surface area contributed by atoms with Crippen LogP contribution < -0.4 is 5.32 Å². The summed E-state index contributed by atoms with van der Waals surface area (Å²) in [5.41, 5.74) is -0.174. The van der Waals surface area contributed by atoms with E-state index in [4.69, 9.17) is 0 Å². The molecular formula is C14H29Cl2N3O. The maximum absolute atomic E-state index is 12.7. The maximum atomic E-state index is 12.7. The molecule has 120 valence electrons. The molecule has 1 N–H and O–H groups in total. The smallest absolute Gasteiger partial charge is 0.229 e. The Balaban J connectivity index is 0.00000180. The number of rotatable bonds is 2. The van der Waals surface area contributed by atoms with Gasteiger partial charge in [0.15, 0.2) is 0 Å². The molecule has 0 aromatic carbocycles. The zero-order chi connectivity index (χ0) is 13.2. The molecule has 1 amide bonds. The third-order valence-electron chi connectivity index (χ3n) is 4.53. The van der Waals surface area contributed by atoms with Crippen molar-refractivity contribution < 1.29 is 4.79 Å². The summed E-state index contributed by atoms with van der Waals surface area (Å²) in [5, 5.41) is 3.37. The van der Waals surface area contributed by atoms with Gasteiger partial charge in [0.25, 0.3) is 0 Å². The van der Waals surface area contributed by atoms with Crippen LogP contribution in [0.5, 0.6) is 0 Å². The van der Waals surface area contributed by atoms with Crippen LogP contribution >= 0.6 is 24.8 Å². The van der Waals surface area contributed by atoms with Crippen LogP contribution in [0.15, 0.2) is 0 Å². The molecule has 0 bridgehead atoms. The fourth-order valence-corrected chi connectivity index (χ4v) is 3.18. The lowest BCUT2D eigenvalue weighted by Gasteiger charge is -2.42. The summed E-state index contributed by atoms with van der Waals surface area (Å²) in [6.45, 7) is 5.87. The largest absolute Gasteiger partial charge is 0.341 e. The Hall–Kier alpha value is -0.0300. The fourth-order valence-electron chi connectivity index (χ4n) is 3.18. The Morgan fingerprint density at radius 1 is 1.30 bits per heavy atom. The minimum absolute atomic E-state index is 0. The van der Waals surface area contributed by atoms with E-state index in [1.54, 1.807) is 0 Å². The Morgan fingerprint density at radius 2 is 2.00 bits per heavy atom. The monoisotopic (exact) mass is 325 g/mol. The summed E-state index contributed by atoms with van der Waals surface area (Å²) < 4.78 is 0. The van der Waals surface area contributed by atoms with Crippen LogP contribution in [0.1, 0.15) is 32.6 Å². The number of nitrogens with one attached hydrogen (secondary N) is 1. The number of hydrogen-bond acceptors (Lipinski definition) is 3. The van der Waals surface area contributed by atoms with Crippen LogP contribution in [-0.2, 0) is 4.79 Å². The van der Waals surface area contributed by atoms with Crippen LogP contribution in [0.3, 0.4) is 0 Å². The van der Waals surface area contributed by atoms with Crippen LogP contribution in [0.2, 0.25) is 0 Å². The van der Waals surface area contributed by atoms with Gasteiger partial charge in [-0.25, -0.2) is 0 Å². The fraction of sp³-hybridized carbons (Fsp3) is 0.929. The summed E-state index contributed by atoms with van der Waals surface area (Å²) >= 11 is 0. The third-order valence-corrected chi connectivity index (χ3v) is 4.53. The van der Waals surface area contributed by atoms with E-state index in [0.29, 0.717) is 11.9 Å². The molecule has 4 nitrogen and oxygen atoms in total. The lowest BCUT2D eigenvalue weighted by molar-refractivity contribution is -0.144. The highest BCUT2D eigenvalue weighted by atomic mass is 35.5. The molecule has 2 heterocycles. The van der Waals surface area contributed by atoms with E-state index in [-0.39, 0.29) is 30.2 Å². The summed E-state index contributed by atoms with van der Waals surface area (Å²) in [6, 6.07) is 0.530. The molecule has 0 saturated carbocycles. The molecule has 0 aromatic heterocycles. The van der Waals surface area contributed by atoms with Gasteiger partial charge in [-0.15, -0.1) is 24.8 Å². The first kappa shape index (κ1) is 20.0. The van der Waals surface area contributed by atoms with E-state index in [9.17, 15) is 4.79 Å². The summed E-state index contributed by atoms with van der Waals surface area (Å²) in [4.78, 5) is 17.1. The van der Waals surface area contributed by atoms with Crippen LogP contribution in [0.25, 0.3) is 0 Å². The highest BCUT2D eigenvalue weighted by Crippen LogP contribution is 2.29. The van der Waals surface area contributed by atoms with Gasteiger partial charge in [0.2, 0.25) is 5.91 Å². The topological polar surface area (TPSA) is 35.6 Å². The van der Waals surface area contributed by atoms with Gasteiger partial charge in [0.05, 0.1) is 5.41 Å². The zero-order valence-electron chi connectivity index (χ0n) is 12.9. The molecule has 0 aliphatic carbocycles. The second kappa shape index (κ2) is 8.42. The minimum atomic E-state index is -0.174. The van der Waals surface area contributed by atoms with Crippen molar-refractivity contribution in [2.45, 2.75) is 38.6 Å². The number of hydrogen-bond donors (Lipinski definition) is 1. The lowest BCUT2D eigenvalue weighted by atomic mass is 9.81. The van der Waals surface area contributed by atoms with Gasteiger partial charge in [-0.2, -0.15) is 0 Å². The molecule has 2 unspecified atom stereocenters. The van der Waals surface area contributed by atoms with E-state index in [1.165, 1.54) is 6.42 Å². The standard InChI is InChI=1S/C14H27N3O.2ClH/c1-14(7-5-8-15-11-14)13(18)17-9-4-6-12(10-17)16(2)3;;/h12,15H,4-11H2,1-3H3;2*1H. The quantitative estimate of drug-likeness (QED) is 0.840. The van der Waals surface area contributed by atoms with Crippen LogP contribution in [0, 0.1) is 5.41 Å². The van der Waals surface area contributed by atoms with Crippen molar-refractivity contribution in [3.63, 3.8) is 0 Å². The summed E-state index contributed by atoms with van der Waals surface area (Å²) in [7, 11) is 4.23. The molecule has 2 saturated heterocycles. The first-order valence-corrected chi connectivity index (χ1v) is 7.19. The highest BCUT2D eigenvalue weighted by Gasteiger charge is 2.39. The SMILES string of the molecule is CN(C)C1CCCN(C(=O)C2(C)CCCNC2)C1.Cl.Cl. The third kappa shape index (κ3) is 4.48. The molecule has 2 rings (SSSR count). The van der Waals surface area contributed by atoms with Gasteiger partial charge < -0.3 is 15.1 Å². The Kier molecular flexibility index (Phi) is 8.41. The van der Waals surface area contributed by atoms with E-state index in [1.807, 2.05) is 0 Å². The van der Waals surface area contributed by atoms with E-state index >= 15 is 0 Å². The molecule has 0 radical (unpaired) electrons. The van der Waals surface area contributed by atoms with Gasteiger partial charge in [0.1, 0.15) is 0 Å². The van der Waals surface area contributed by atoms with Crippen molar-refractivity contribution in [2.75, 3.05) is 40.3 Å². The molecule has 2 aliphatic rings. The average Bonchev–Trinajstić information content (AvgIpc) is 2.39. The van der Waals surface area contributed by atoms with Gasteiger partial charge in [-0.1, -0.05) is 0 Å². The number of nitrogens with zero attached hydrogens (tertiary/aromatic N) is 2. The Morgan fingerprint density at radius 3 is 2.55 bits per heavy atom. The predicted octanol–water partition coefficient (Wildman–Crippen LogP) is 1.77. The van der Waals surface area contributed by atoms with Gasteiger partial charge in [-0.3, -0.25) is 4.79 Å². The van der Waals surface area contributed by atoms with Gasteiger partial charge in [0, 0.05) is 25.7 Å². The molecule has 0 spiro atoms. The van der Waals surface area contributed by atoms with Gasteiger partial charge >= 0.3 is 0 Å². The lowest BCUT2D eigenvalue weighted by Crippen LogP contribution is -2.55. The first-order valence-electron chi connectivity index (χ1n) is 7.19. The Labute approximate surface area is 135 Å². The first-order chi connectivity index (χ1) is 8.53. The predicted molar refractivity (Wildman–Crippen MR) is 88.0 cm³/mol. The molecular weight excluding hydrogens is 297 g/mol. The number of likely N-dealkylation sites (tertiary alicyclic amines) is 1. The number of amides is 1. The number of likely N-dealkylation sites (N-methyl/N-ethyl adjacent to an activating group) is 1.